The van der Waals surface area contributed by atoms with Crippen molar-refractivity contribution in [2.45, 2.75) is 19.8 Å². The molecule has 1 saturated carbocycles. The highest BCUT2D eigenvalue weighted by atomic mass is 16.5. The number of ether oxygens (including phenoxy) is 1. The number of carbonyl (C=O) groups excluding carboxylic acids is 1. The topological polar surface area (TPSA) is 83.0 Å². The van der Waals surface area contributed by atoms with Crippen molar-refractivity contribution in [2.75, 3.05) is 12.8 Å². The molecule has 2 heterocycles. The standard InChI is InChI=1S/C19H20N4O2/c1-10-11(2)16(10)14-9-8-13-17(20)22-23(18(13)21-14)19(24)12-6-4-5-7-15(12)25-3/h4-11,16H,1-3H3,(H2,20,22)/t10-,11+,16?. The number of nitrogens with two attached hydrogens (primary N) is 1. The van der Waals surface area contributed by atoms with E-state index in [4.69, 9.17) is 15.5 Å². The number of hydrogen-bond donors (Lipinski definition) is 1. The number of rotatable bonds is 3. The van der Waals surface area contributed by atoms with Gasteiger partial charge in [-0.25, -0.2) is 4.98 Å². The zero-order chi connectivity index (χ0) is 17.7. The first-order chi connectivity index (χ1) is 12.0. The Hall–Kier alpha value is -2.89. The fourth-order valence-corrected chi connectivity index (χ4v) is 3.50. The summed E-state index contributed by atoms with van der Waals surface area (Å²) in [4.78, 5) is 17.7. The summed E-state index contributed by atoms with van der Waals surface area (Å²) in [5, 5.41) is 4.92. The zero-order valence-electron chi connectivity index (χ0n) is 14.4. The molecule has 3 atom stereocenters. The lowest BCUT2D eigenvalue weighted by Crippen LogP contribution is -2.15. The molecule has 2 N–H and O–H groups in total. The fourth-order valence-electron chi connectivity index (χ4n) is 3.50. The molecule has 1 fully saturated rings. The molecule has 4 rings (SSSR count). The Labute approximate surface area is 145 Å². The maximum atomic E-state index is 13.0. The third-order valence-electron chi connectivity index (χ3n) is 5.27. The molecule has 2 aromatic heterocycles. The van der Waals surface area contributed by atoms with Crippen LogP contribution in [0.3, 0.4) is 0 Å². The Morgan fingerprint density at radius 2 is 1.88 bits per heavy atom. The first kappa shape index (κ1) is 15.6. The zero-order valence-corrected chi connectivity index (χ0v) is 14.4. The predicted molar refractivity (Wildman–Crippen MR) is 95.7 cm³/mol. The Balaban J connectivity index is 1.84. The Morgan fingerprint density at radius 3 is 2.56 bits per heavy atom. The van der Waals surface area contributed by atoms with E-state index in [1.807, 2.05) is 18.2 Å². The van der Waals surface area contributed by atoms with Crippen molar-refractivity contribution in [3.8, 4) is 5.75 Å². The molecule has 0 spiro atoms. The van der Waals surface area contributed by atoms with E-state index >= 15 is 0 Å². The van der Waals surface area contributed by atoms with Crippen molar-refractivity contribution in [2.24, 2.45) is 11.8 Å². The molecule has 1 unspecified atom stereocenters. The van der Waals surface area contributed by atoms with Gasteiger partial charge in [-0.2, -0.15) is 4.68 Å². The lowest BCUT2D eigenvalue weighted by atomic mass is 10.2. The number of nitrogen functional groups attached to an aromatic ring is 1. The van der Waals surface area contributed by atoms with Gasteiger partial charge in [-0.05, 0) is 36.1 Å². The van der Waals surface area contributed by atoms with Crippen LogP contribution in [0.4, 0.5) is 5.82 Å². The van der Waals surface area contributed by atoms with Crippen LogP contribution in [0.25, 0.3) is 11.0 Å². The van der Waals surface area contributed by atoms with Gasteiger partial charge in [-0.1, -0.05) is 26.0 Å². The molecular formula is C19H20N4O2. The molecule has 128 valence electrons. The van der Waals surface area contributed by atoms with E-state index in [-0.39, 0.29) is 5.91 Å². The van der Waals surface area contributed by atoms with Crippen LogP contribution in [0, 0.1) is 11.8 Å². The van der Waals surface area contributed by atoms with Crippen LogP contribution < -0.4 is 10.5 Å². The van der Waals surface area contributed by atoms with E-state index in [2.05, 4.69) is 18.9 Å². The second-order valence-corrected chi connectivity index (χ2v) is 6.65. The number of pyridine rings is 1. The average molecular weight is 336 g/mol. The lowest BCUT2D eigenvalue weighted by Gasteiger charge is -2.07. The van der Waals surface area contributed by atoms with Gasteiger partial charge in [0.1, 0.15) is 5.75 Å². The van der Waals surface area contributed by atoms with Crippen molar-refractivity contribution >= 4 is 22.8 Å². The van der Waals surface area contributed by atoms with E-state index in [0.29, 0.717) is 45.9 Å². The minimum Gasteiger partial charge on any atom is -0.496 e. The summed E-state index contributed by atoms with van der Waals surface area (Å²) in [6.45, 7) is 4.43. The summed E-state index contributed by atoms with van der Waals surface area (Å²) in [7, 11) is 1.54. The summed E-state index contributed by atoms with van der Waals surface area (Å²) in [6, 6.07) is 11.0. The summed E-state index contributed by atoms with van der Waals surface area (Å²) in [6.07, 6.45) is 0. The van der Waals surface area contributed by atoms with Gasteiger partial charge in [0, 0.05) is 11.6 Å². The van der Waals surface area contributed by atoms with Gasteiger partial charge in [0.15, 0.2) is 11.5 Å². The number of carbonyl (C=O) groups is 1. The Bertz CT molecular complexity index is 971. The molecule has 0 aliphatic heterocycles. The van der Waals surface area contributed by atoms with Gasteiger partial charge in [0.05, 0.1) is 18.1 Å². The summed E-state index contributed by atoms with van der Waals surface area (Å²) in [5.41, 5.74) is 7.92. The van der Waals surface area contributed by atoms with Gasteiger partial charge in [-0.15, -0.1) is 5.10 Å². The smallest absolute Gasteiger partial charge is 0.283 e. The molecule has 0 radical (unpaired) electrons. The molecule has 6 nitrogen and oxygen atoms in total. The molecule has 1 aromatic carbocycles. The maximum Gasteiger partial charge on any atom is 0.283 e. The molecule has 6 heteroatoms. The third kappa shape index (κ3) is 2.36. The van der Waals surface area contributed by atoms with E-state index in [1.54, 1.807) is 18.2 Å². The number of methoxy groups -OCH3 is 1. The van der Waals surface area contributed by atoms with Crippen LogP contribution in [-0.4, -0.2) is 27.8 Å². The number of anilines is 1. The van der Waals surface area contributed by atoms with Gasteiger partial charge >= 0.3 is 0 Å². The highest BCUT2D eigenvalue weighted by Crippen LogP contribution is 2.52. The molecule has 1 aliphatic rings. The molecule has 3 aromatic rings. The quantitative estimate of drug-likeness (QED) is 0.795. The van der Waals surface area contributed by atoms with Crippen molar-refractivity contribution in [1.29, 1.82) is 0 Å². The molecule has 1 aliphatic carbocycles. The number of para-hydroxylation sites is 1. The van der Waals surface area contributed by atoms with Crippen LogP contribution in [0.1, 0.15) is 35.8 Å². The first-order valence-corrected chi connectivity index (χ1v) is 8.35. The van der Waals surface area contributed by atoms with Gasteiger partial charge in [0.2, 0.25) is 0 Å². The number of hydrogen-bond acceptors (Lipinski definition) is 5. The van der Waals surface area contributed by atoms with Crippen LogP contribution in [-0.2, 0) is 0 Å². The van der Waals surface area contributed by atoms with Crippen molar-refractivity contribution in [3.63, 3.8) is 0 Å². The minimum absolute atomic E-state index is 0.300. The predicted octanol–water partition coefficient (Wildman–Crippen LogP) is 3.08. The monoisotopic (exact) mass is 336 g/mol. The normalized spacial score (nSPS) is 22.1. The minimum atomic E-state index is -0.305. The molecule has 0 amide bonds. The largest absolute Gasteiger partial charge is 0.496 e. The van der Waals surface area contributed by atoms with E-state index < -0.39 is 0 Å². The number of fused-ring (bicyclic) bond motifs is 1. The highest BCUT2D eigenvalue weighted by Gasteiger charge is 2.45. The molecular weight excluding hydrogens is 316 g/mol. The van der Waals surface area contributed by atoms with Crippen molar-refractivity contribution in [1.82, 2.24) is 14.8 Å². The highest BCUT2D eigenvalue weighted by molar-refractivity contribution is 6.03. The van der Waals surface area contributed by atoms with E-state index in [9.17, 15) is 4.79 Å². The van der Waals surface area contributed by atoms with Gasteiger partial charge in [-0.3, -0.25) is 4.79 Å². The molecule has 0 saturated heterocycles. The van der Waals surface area contributed by atoms with E-state index in [0.717, 1.165) is 5.69 Å². The van der Waals surface area contributed by atoms with Gasteiger partial charge < -0.3 is 10.5 Å². The number of benzene rings is 1. The Morgan fingerprint density at radius 1 is 1.16 bits per heavy atom. The van der Waals surface area contributed by atoms with Crippen LogP contribution >= 0.6 is 0 Å². The first-order valence-electron chi connectivity index (χ1n) is 8.35. The average Bonchev–Trinajstić information content (AvgIpc) is 3.09. The Kier molecular flexibility index (Phi) is 3.49. The lowest BCUT2D eigenvalue weighted by molar-refractivity contribution is 0.0947. The van der Waals surface area contributed by atoms with Crippen molar-refractivity contribution < 1.29 is 9.53 Å². The van der Waals surface area contributed by atoms with Crippen LogP contribution in [0.15, 0.2) is 36.4 Å². The van der Waals surface area contributed by atoms with E-state index in [1.165, 1.54) is 11.8 Å². The second-order valence-electron chi connectivity index (χ2n) is 6.65. The molecule has 25 heavy (non-hydrogen) atoms. The van der Waals surface area contributed by atoms with Crippen molar-refractivity contribution in [3.05, 3.63) is 47.7 Å². The number of aromatic nitrogens is 3. The third-order valence-corrected chi connectivity index (χ3v) is 5.27. The molecule has 0 bridgehead atoms. The van der Waals surface area contributed by atoms with Crippen LogP contribution in [0.5, 0.6) is 5.75 Å². The fraction of sp³-hybridized carbons (Fsp3) is 0.316. The van der Waals surface area contributed by atoms with Gasteiger partial charge in [0.25, 0.3) is 5.91 Å². The SMILES string of the molecule is COc1ccccc1C(=O)n1nc(N)c2ccc(C3[C@@H](C)[C@H]3C)nc21. The summed E-state index contributed by atoms with van der Waals surface area (Å²) in [5.74, 6) is 2.12. The summed E-state index contributed by atoms with van der Waals surface area (Å²) >= 11 is 0. The summed E-state index contributed by atoms with van der Waals surface area (Å²) < 4.78 is 6.57. The number of nitrogens with zero attached hydrogens (tertiary/aromatic N) is 3. The van der Waals surface area contributed by atoms with Crippen LogP contribution in [0.2, 0.25) is 0 Å². The maximum absolute atomic E-state index is 13.0. The second kappa shape index (κ2) is 5.58.